The van der Waals surface area contributed by atoms with Gasteiger partial charge in [-0.05, 0) is 49.1 Å². The molecular formula is C16H21ClN2O. The molecule has 0 aromatic heterocycles. The number of fused-ring (bicyclic) bond motifs is 2. The van der Waals surface area contributed by atoms with Gasteiger partial charge in [0.2, 0.25) is 0 Å². The Morgan fingerprint density at radius 2 is 2.20 bits per heavy atom. The number of benzene rings is 1. The highest BCUT2D eigenvalue weighted by Crippen LogP contribution is 2.48. The second-order valence-electron chi connectivity index (χ2n) is 6.32. The molecule has 20 heavy (non-hydrogen) atoms. The molecule has 1 aromatic carbocycles. The maximum Gasteiger partial charge on any atom is 0.255 e. The SMILES string of the molecule is CN(CC1CC2CCC1C2)C(=O)c1cccc(Cl)c1N. The van der Waals surface area contributed by atoms with Crippen LogP contribution < -0.4 is 5.73 Å². The van der Waals surface area contributed by atoms with Crippen molar-refractivity contribution < 1.29 is 4.79 Å². The van der Waals surface area contributed by atoms with Crippen molar-refractivity contribution in [3.63, 3.8) is 0 Å². The molecule has 0 aliphatic heterocycles. The number of anilines is 1. The fourth-order valence-electron chi connectivity index (χ4n) is 3.96. The largest absolute Gasteiger partial charge is 0.397 e. The van der Waals surface area contributed by atoms with Gasteiger partial charge in [0.15, 0.2) is 0 Å². The lowest BCUT2D eigenvalue weighted by Gasteiger charge is -2.27. The molecule has 2 bridgehead atoms. The van der Waals surface area contributed by atoms with Crippen molar-refractivity contribution in [1.29, 1.82) is 0 Å². The normalized spacial score (nSPS) is 27.8. The molecular weight excluding hydrogens is 272 g/mol. The van der Waals surface area contributed by atoms with Crippen LogP contribution in [0.5, 0.6) is 0 Å². The van der Waals surface area contributed by atoms with Gasteiger partial charge >= 0.3 is 0 Å². The van der Waals surface area contributed by atoms with Crippen molar-refractivity contribution in [3.05, 3.63) is 28.8 Å². The van der Waals surface area contributed by atoms with Crippen LogP contribution in [0.3, 0.4) is 0 Å². The second-order valence-corrected chi connectivity index (χ2v) is 6.73. The minimum absolute atomic E-state index is 0.0206. The first kappa shape index (κ1) is 13.7. The third-order valence-electron chi connectivity index (χ3n) is 5.02. The van der Waals surface area contributed by atoms with Gasteiger partial charge in [0.1, 0.15) is 0 Å². The number of nitrogen functional groups attached to an aromatic ring is 1. The van der Waals surface area contributed by atoms with E-state index in [9.17, 15) is 4.79 Å². The summed E-state index contributed by atoms with van der Waals surface area (Å²) in [6.07, 6.45) is 5.38. The fourth-order valence-corrected chi connectivity index (χ4v) is 4.14. The van der Waals surface area contributed by atoms with Crippen LogP contribution in [0.2, 0.25) is 5.02 Å². The highest BCUT2D eigenvalue weighted by Gasteiger charge is 2.40. The Morgan fingerprint density at radius 1 is 1.40 bits per heavy atom. The van der Waals surface area contributed by atoms with Crippen LogP contribution in [0.15, 0.2) is 18.2 Å². The first-order valence-electron chi connectivity index (χ1n) is 7.35. The minimum Gasteiger partial charge on any atom is -0.397 e. The lowest BCUT2D eigenvalue weighted by atomic mass is 9.88. The molecule has 2 fully saturated rings. The smallest absolute Gasteiger partial charge is 0.255 e. The zero-order chi connectivity index (χ0) is 14.3. The fraction of sp³-hybridized carbons (Fsp3) is 0.562. The molecule has 1 aromatic rings. The standard InChI is InChI=1S/C16H21ClN2O/c1-19(9-12-8-10-5-6-11(12)7-10)16(20)13-3-2-4-14(17)15(13)18/h2-4,10-12H,5-9,18H2,1H3. The monoisotopic (exact) mass is 292 g/mol. The Morgan fingerprint density at radius 3 is 2.85 bits per heavy atom. The van der Waals surface area contributed by atoms with E-state index in [4.69, 9.17) is 17.3 Å². The molecule has 3 atom stereocenters. The molecule has 3 unspecified atom stereocenters. The minimum atomic E-state index is -0.0206. The van der Waals surface area contributed by atoms with E-state index in [0.717, 1.165) is 18.4 Å². The number of hydrogen-bond donors (Lipinski definition) is 1. The molecule has 2 N–H and O–H groups in total. The Bertz CT molecular complexity index is 531. The molecule has 0 spiro atoms. The van der Waals surface area contributed by atoms with Gasteiger partial charge in [-0.1, -0.05) is 24.1 Å². The first-order chi connectivity index (χ1) is 9.56. The molecule has 2 saturated carbocycles. The van der Waals surface area contributed by atoms with Crippen LogP contribution in [0.1, 0.15) is 36.0 Å². The summed E-state index contributed by atoms with van der Waals surface area (Å²) in [5, 5.41) is 0.448. The summed E-state index contributed by atoms with van der Waals surface area (Å²) in [6.45, 7) is 0.839. The van der Waals surface area contributed by atoms with Crippen LogP contribution in [0.4, 0.5) is 5.69 Å². The molecule has 4 heteroatoms. The van der Waals surface area contributed by atoms with E-state index in [1.54, 1.807) is 18.2 Å². The van der Waals surface area contributed by atoms with Crippen molar-refractivity contribution in [2.45, 2.75) is 25.7 Å². The quantitative estimate of drug-likeness (QED) is 0.868. The van der Waals surface area contributed by atoms with Gasteiger partial charge in [-0.2, -0.15) is 0 Å². The summed E-state index contributed by atoms with van der Waals surface area (Å²) in [7, 11) is 1.87. The molecule has 108 valence electrons. The Kier molecular flexibility index (Phi) is 3.63. The van der Waals surface area contributed by atoms with E-state index in [1.807, 2.05) is 11.9 Å². The van der Waals surface area contributed by atoms with E-state index >= 15 is 0 Å². The van der Waals surface area contributed by atoms with Crippen LogP contribution in [0.25, 0.3) is 0 Å². The molecule has 2 aliphatic rings. The molecule has 1 amide bonds. The molecule has 3 nitrogen and oxygen atoms in total. The third kappa shape index (κ3) is 2.39. The number of carbonyl (C=O) groups excluding carboxylic acids is 1. The maximum atomic E-state index is 12.5. The summed E-state index contributed by atoms with van der Waals surface area (Å²) in [5.41, 5.74) is 6.82. The highest BCUT2D eigenvalue weighted by molar-refractivity contribution is 6.33. The highest BCUT2D eigenvalue weighted by atomic mass is 35.5. The average molecular weight is 293 g/mol. The lowest BCUT2D eigenvalue weighted by molar-refractivity contribution is 0.0755. The lowest BCUT2D eigenvalue weighted by Crippen LogP contribution is -2.34. The third-order valence-corrected chi connectivity index (χ3v) is 5.35. The van der Waals surface area contributed by atoms with Crippen LogP contribution in [-0.2, 0) is 0 Å². The van der Waals surface area contributed by atoms with Crippen molar-refractivity contribution in [3.8, 4) is 0 Å². The van der Waals surface area contributed by atoms with Gasteiger partial charge in [-0.25, -0.2) is 0 Å². The summed E-state index contributed by atoms with van der Waals surface area (Å²) in [6, 6.07) is 5.24. The average Bonchev–Trinajstić information content (AvgIpc) is 3.03. The summed E-state index contributed by atoms with van der Waals surface area (Å²) in [4.78, 5) is 14.3. The van der Waals surface area contributed by atoms with Crippen LogP contribution in [0, 0.1) is 17.8 Å². The van der Waals surface area contributed by atoms with Crippen molar-refractivity contribution in [1.82, 2.24) is 4.90 Å². The molecule has 0 radical (unpaired) electrons. The molecule has 3 rings (SSSR count). The Labute approximate surface area is 125 Å². The number of rotatable bonds is 3. The predicted molar refractivity (Wildman–Crippen MR) is 81.8 cm³/mol. The zero-order valence-corrected chi connectivity index (χ0v) is 12.6. The van der Waals surface area contributed by atoms with Gasteiger partial charge in [-0.3, -0.25) is 4.79 Å². The van der Waals surface area contributed by atoms with Crippen molar-refractivity contribution in [2.24, 2.45) is 17.8 Å². The second kappa shape index (κ2) is 5.28. The number of amides is 1. The van der Waals surface area contributed by atoms with Crippen LogP contribution in [-0.4, -0.2) is 24.4 Å². The number of carbonyl (C=O) groups is 1. The van der Waals surface area contributed by atoms with Crippen molar-refractivity contribution >= 4 is 23.2 Å². The van der Waals surface area contributed by atoms with Gasteiger partial charge in [0.25, 0.3) is 5.91 Å². The maximum absolute atomic E-state index is 12.5. The van der Waals surface area contributed by atoms with E-state index in [0.29, 0.717) is 22.2 Å². The van der Waals surface area contributed by atoms with Crippen LogP contribution >= 0.6 is 11.6 Å². The first-order valence-corrected chi connectivity index (χ1v) is 7.73. The number of halogens is 1. The van der Waals surface area contributed by atoms with Gasteiger partial charge in [-0.15, -0.1) is 0 Å². The number of nitrogens with two attached hydrogens (primary N) is 1. The predicted octanol–water partition coefficient (Wildman–Crippen LogP) is 3.43. The molecule has 2 aliphatic carbocycles. The molecule has 0 heterocycles. The number of nitrogens with zero attached hydrogens (tertiary/aromatic N) is 1. The van der Waals surface area contributed by atoms with Crippen molar-refractivity contribution in [2.75, 3.05) is 19.3 Å². The zero-order valence-electron chi connectivity index (χ0n) is 11.8. The summed E-state index contributed by atoms with van der Waals surface area (Å²) in [5.74, 6) is 2.38. The van der Waals surface area contributed by atoms with Gasteiger partial charge in [0, 0.05) is 13.6 Å². The number of hydrogen-bond acceptors (Lipinski definition) is 2. The van der Waals surface area contributed by atoms with E-state index in [2.05, 4.69) is 0 Å². The van der Waals surface area contributed by atoms with Gasteiger partial charge < -0.3 is 10.6 Å². The van der Waals surface area contributed by atoms with E-state index in [-0.39, 0.29) is 5.91 Å². The summed E-state index contributed by atoms with van der Waals surface area (Å²) >= 11 is 5.99. The van der Waals surface area contributed by atoms with Gasteiger partial charge in [0.05, 0.1) is 16.3 Å². The van der Waals surface area contributed by atoms with E-state index in [1.165, 1.54) is 25.7 Å². The Hall–Kier alpha value is -1.22. The number of para-hydroxylation sites is 1. The topological polar surface area (TPSA) is 46.3 Å². The molecule has 0 saturated heterocycles. The summed E-state index contributed by atoms with van der Waals surface area (Å²) < 4.78 is 0. The van der Waals surface area contributed by atoms with E-state index < -0.39 is 0 Å². The Balaban J connectivity index is 1.69.